The predicted molar refractivity (Wildman–Crippen MR) is 70.3 cm³/mol. The van der Waals surface area contributed by atoms with Crippen molar-refractivity contribution in [3.8, 4) is 0 Å². The molecule has 2 nitrogen and oxygen atoms in total. The lowest BCUT2D eigenvalue weighted by Crippen LogP contribution is -2.39. The van der Waals surface area contributed by atoms with E-state index in [-0.39, 0.29) is 11.3 Å². The first kappa shape index (κ1) is 13.3. The number of thioether (sulfide) groups is 1. The predicted octanol–water partition coefficient (Wildman–Crippen LogP) is 2.98. The minimum Gasteiger partial charge on any atom is -0.305 e. The van der Waals surface area contributed by atoms with Gasteiger partial charge in [0, 0.05) is 16.0 Å². The molecule has 0 bridgehead atoms. The molecule has 0 aromatic heterocycles. The van der Waals surface area contributed by atoms with Crippen LogP contribution in [0.3, 0.4) is 0 Å². The molecule has 1 N–H and O–H groups in total. The first-order chi connectivity index (χ1) is 7.42. The third-order valence-electron chi connectivity index (χ3n) is 2.19. The number of rotatable bonds is 4. The lowest BCUT2D eigenvalue weighted by atomic mass is 10.1. The molecule has 0 aliphatic carbocycles. The van der Waals surface area contributed by atoms with Crippen LogP contribution in [0.4, 0.5) is 0 Å². The quantitative estimate of drug-likeness (QED) is 0.645. The van der Waals surface area contributed by atoms with E-state index in [2.05, 4.69) is 26.1 Å². The highest BCUT2D eigenvalue weighted by Gasteiger charge is 2.12. The summed E-state index contributed by atoms with van der Waals surface area (Å²) in [4.78, 5) is 13.0. The van der Waals surface area contributed by atoms with Crippen molar-refractivity contribution >= 4 is 17.5 Å². The van der Waals surface area contributed by atoms with Crippen LogP contribution in [0.15, 0.2) is 29.2 Å². The number of Topliss-reactive ketones (excluding diaryl/α,β-unsaturated/α-hetero) is 1. The van der Waals surface area contributed by atoms with E-state index in [4.69, 9.17) is 0 Å². The molecular formula is C13H19NOS. The molecule has 0 spiro atoms. The molecule has 88 valence electrons. The number of carbonyl (C=O) groups is 1. The van der Waals surface area contributed by atoms with Crippen LogP contribution in [0.25, 0.3) is 0 Å². The summed E-state index contributed by atoms with van der Waals surface area (Å²) in [5, 5.41) is 3.19. The molecule has 0 heterocycles. The first-order valence-electron chi connectivity index (χ1n) is 5.34. The van der Waals surface area contributed by atoms with Gasteiger partial charge in [0.1, 0.15) is 0 Å². The summed E-state index contributed by atoms with van der Waals surface area (Å²) in [6, 6.07) is 7.74. The molecule has 0 amide bonds. The van der Waals surface area contributed by atoms with E-state index in [9.17, 15) is 4.79 Å². The summed E-state index contributed by atoms with van der Waals surface area (Å²) in [5.41, 5.74) is 0.754. The summed E-state index contributed by atoms with van der Waals surface area (Å²) in [6.07, 6.45) is 2.03. The Balaban J connectivity index is 2.59. The smallest absolute Gasteiger partial charge is 0.176 e. The van der Waals surface area contributed by atoms with Crippen molar-refractivity contribution in [3.05, 3.63) is 29.8 Å². The lowest BCUT2D eigenvalue weighted by molar-refractivity contribution is 0.0982. The second-order valence-electron chi connectivity index (χ2n) is 4.76. The summed E-state index contributed by atoms with van der Waals surface area (Å²) >= 11 is 1.68. The fourth-order valence-electron chi connectivity index (χ4n) is 1.22. The minimum absolute atomic E-state index is 0.0190. The monoisotopic (exact) mass is 237 g/mol. The molecule has 0 fully saturated rings. The Morgan fingerprint density at radius 3 is 2.25 bits per heavy atom. The van der Waals surface area contributed by atoms with E-state index >= 15 is 0 Å². The van der Waals surface area contributed by atoms with Gasteiger partial charge in [-0.1, -0.05) is 12.1 Å². The third kappa shape index (κ3) is 4.37. The molecule has 1 aromatic rings. The minimum atomic E-state index is -0.0190. The number of hydrogen-bond donors (Lipinski definition) is 1. The van der Waals surface area contributed by atoms with Gasteiger partial charge in [-0.15, -0.1) is 11.8 Å². The average Bonchev–Trinajstić information content (AvgIpc) is 2.25. The zero-order chi connectivity index (χ0) is 12.2. The van der Waals surface area contributed by atoms with E-state index in [1.807, 2.05) is 30.5 Å². The molecule has 0 aliphatic rings. The van der Waals surface area contributed by atoms with Crippen molar-refractivity contribution in [2.24, 2.45) is 0 Å². The van der Waals surface area contributed by atoms with Crippen molar-refractivity contribution in [2.45, 2.75) is 31.2 Å². The van der Waals surface area contributed by atoms with Gasteiger partial charge >= 0.3 is 0 Å². The highest BCUT2D eigenvalue weighted by atomic mass is 32.2. The topological polar surface area (TPSA) is 29.1 Å². The molecular weight excluding hydrogens is 218 g/mol. The number of hydrogen-bond acceptors (Lipinski definition) is 3. The van der Waals surface area contributed by atoms with Gasteiger partial charge in [-0.2, -0.15) is 0 Å². The van der Waals surface area contributed by atoms with Crippen molar-refractivity contribution in [1.82, 2.24) is 5.32 Å². The van der Waals surface area contributed by atoms with Gasteiger partial charge in [-0.25, -0.2) is 0 Å². The van der Waals surface area contributed by atoms with Gasteiger partial charge in [0.25, 0.3) is 0 Å². The first-order valence-corrected chi connectivity index (χ1v) is 6.57. The van der Waals surface area contributed by atoms with Crippen LogP contribution in [0.1, 0.15) is 31.1 Å². The molecule has 0 saturated heterocycles. The van der Waals surface area contributed by atoms with Crippen molar-refractivity contribution in [2.75, 3.05) is 12.8 Å². The van der Waals surface area contributed by atoms with Gasteiger partial charge in [0.15, 0.2) is 5.78 Å². The SMILES string of the molecule is CSc1ccc(C(=O)CNC(C)(C)C)cc1. The average molecular weight is 237 g/mol. The maximum Gasteiger partial charge on any atom is 0.176 e. The van der Waals surface area contributed by atoms with E-state index in [0.717, 1.165) is 5.56 Å². The second-order valence-corrected chi connectivity index (χ2v) is 5.63. The molecule has 0 radical (unpaired) electrons. The van der Waals surface area contributed by atoms with Crippen molar-refractivity contribution < 1.29 is 4.79 Å². The zero-order valence-electron chi connectivity index (χ0n) is 10.3. The van der Waals surface area contributed by atoms with Crippen LogP contribution < -0.4 is 5.32 Å². The maximum absolute atomic E-state index is 11.8. The summed E-state index contributed by atoms with van der Waals surface area (Å²) < 4.78 is 0. The van der Waals surface area contributed by atoms with Crippen LogP contribution >= 0.6 is 11.8 Å². The Kier molecular flexibility index (Phi) is 4.56. The molecule has 0 saturated carbocycles. The summed E-state index contributed by atoms with van der Waals surface area (Å²) in [7, 11) is 0. The van der Waals surface area contributed by atoms with Gasteiger partial charge in [0.05, 0.1) is 6.54 Å². The summed E-state index contributed by atoms with van der Waals surface area (Å²) in [5.74, 6) is 0.141. The third-order valence-corrected chi connectivity index (χ3v) is 2.93. The Hall–Kier alpha value is -0.800. The van der Waals surface area contributed by atoms with E-state index in [0.29, 0.717) is 6.54 Å². The van der Waals surface area contributed by atoms with Crippen LogP contribution in [-0.4, -0.2) is 24.1 Å². The fourth-order valence-corrected chi connectivity index (χ4v) is 1.63. The standard InChI is InChI=1S/C13H19NOS/c1-13(2,3)14-9-12(15)10-5-7-11(16-4)8-6-10/h5-8,14H,9H2,1-4H3. The van der Waals surface area contributed by atoms with Crippen LogP contribution in [0, 0.1) is 0 Å². The number of carbonyl (C=O) groups excluding carboxylic acids is 1. The lowest BCUT2D eigenvalue weighted by Gasteiger charge is -2.19. The van der Waals surface area contributed by atoms with Crippen LogP contribution in [-0.2, 0) is 0 Å². The van der Waals surface area contributed by atoms with E-state index < -0.39 is 0 Å². The number of benzene rings is 1. The van der Waals surface area contributed by atoms with Gasteiger partial charge in [0.2, 0.25) is 0 Å². The molecule has 0 unspecified atom stereocenters. The van der Waals surface area contributed by atoms with Gasteiger partial charge < -0.3 is 5.32 Å². The summed E-state index contributed by atoms with van der Waals surface area (Å²) in [6.45, 7) is 6.55. The fraction of sp³-hybridized carbons (Fsp3) is 0.462. The molecule has 0 atom stereocenters. The van der Waals surface area contributed by atoms with Crippen molar-refractivity contribution in [1.29, 1.82) is 0 Å². The van der Waals surface area contributed by atoms with Gasteiger partial charge in [-0.3, -0.25) is 4.79 Å². The maximum atomic E-state index is 11.8. The van der Waals surface area contributed by atoms with Crippen molar-refractivity contribution in [3.63, 3.8) is 0 Å². The van der Waals surface area contributed by atoms with Gasteiger partial charge in [-0.05, 0) is 39.2 Å². The Labute approximate surface area is 102 Å². The highest BCUT2D eigenvalue weighted by Crippen LogP contribution is 2.15. The molecule has 1 rings (SSSR count). The molecule has 3 heteroatoms. The second kappa shape index (κ2) is 5.51. The van der Waals surface area contributed by atoms with Crippen LogP contribution in [0.5, 0.6) is 0 Å². The van der Waals surface area contributed by atoms with E-state index in [1.54, 1.807) is 11.8 Å². The number of nitrogens with one attached hydrogen (secondary N) is 1. The molecule has 0 aliphatic heterocycles. The molecule has 1 aromatic carbocycles. The Morgan fingerprint density at radius 2 is 1.81 bits per heavy atom. The molecule has 16 heavy (non-hydrogen) atoms. The normalized spacial score (nSPS) is 11.5. The zero-order valence-corrected chi connectivity index (χ0v) is 11.1. The van der Waals surface area contributed by atoms with E-state index in [1.165, 1.54) is 4.90 Å². The Morgan fingerprint density at radius 1 is 1.25 bits per heavy atom. The largest absolute Gasteiger partial charge is 0.305 e. The Bertz CT molecular complexity index is 351. The van der Waals surface area contributed by atoms with Crippen LogP contribution in [0.2, 0.25) is 0 Å². The number of ketones is 1. The highest BCUT2D eigenvalue weighted by molar-refractivity contribution is 7.98.